The van der Waals surface area contributed by atoms with Crippen molar-refractivity contribution in [3.8, 4) is 0 Å². The lowest BCUT2D eigenvalue weighted by atomic mass is 9.97. The minimum Gasteiger partial charge on any atom is -0.456 e. The molecule has 2 aliphatic heterocycles. The summed E-state index contributed by atoms with van der Waals surface area (Å²) < 4.78 is 55.8. The molecule has 3 rings (SSSR count). The second-order valence-electron chi connectivity index (χ2n) is 10.5. The van der Waals surface area contributed by atoms with Gasteiger partial charge in [-0.2, -0.15) is 0 Å². The zero-order chi connectivity index (χ0) is 34.0. The molecule has 2 heterocycles. The second kappa shape index (κ2) is 17.3. The lowest BCUT2D eigenvalue weighted by Gasteiger charge is -2.45. The molecule has 256 valence electrons. The van der Waals surface area contributed by atoms with Crippen molar-refractivity contribution >= 4 is 29.8 Å². The molecule has 1 aromatic rings. The third-order valence-electron chi connectivity index (χ3n) is 6.77. The van der Waals surface area contributed by atoms with Gasteiger partial charge in [0.2, 0.25) is 0 Å². The Morgan fingerprint density at radius 1 is 0.630 bits per heavy atom. The van der Waals surface area contributed by atoms with Gasteiger partial charge in [0.15, 0.2) is 43.1 Å². The molecule has 10 atom stereocenters. The summed E-state index contributed by atoms with van der Waals surface area (Å²) in [6.07, 6.45) is -13.7. The second-order valence-corrected chi connectivity index (χ2v) is 10.5. The first kappa shape index (κ1) is 36.8. The van der Waals surface area contributed by atoms with E-state index in [9.17, 15) is 29.1 Å². The van der Waals surface area contributed by atoms with E-state index in [4.69, 9.17) is 47.4 Å². The molecule has 46 heavy (non-hydrogen) atoms. The van der Waals surface area contributed by atoms with E-state index < -0.39 is 97.9 Å². The van der Waals surface area contributed by atoms with Crippen LogP contribution in [0.1, 0.15) is 40.2 Å². The van der Waals surface area contributed by atoms with E-state index in [1.807, 2.05) is 30.3 Å². The average Bonchev–Trinajstić information content (AvgIpc) is 2.97. The van der Waals surface area contributed by atoms with E-state index >= 15 is 0 Å². The number of ether oxygens (including phenoxy) is 10. The third kappa shape index (κ3) is 10.4. The maximum absolute atomic E-state index is 12.1. The zero-order valence-corrected chi connectivity index (χ0v) is 26.4. The lowest BCUT2D eigenvalue weighted by molar-refractivity contribution is -0.332. The summed E-state index contributed by atoms with van der Waals surface area (Å²) in [6.45, 7) is 5.07. The first-order valence-electron chi connectivity index (χ1n) is 14.4. The Kier molecular flexibility index (Phi) is 13.8. The molecule has 16 nitrogen and oxygen atoms in total. The molecule has 0 saturated carbocycles. The fraction of sp³-hybridized carbons (Fsp3) is 0.633. The fourth-order valence-corrected chi connectivity index (χ4v) is 5.04. The molecule has 2 saturated heterocycles. The number of hydrogen-bond donors (Lipinski definition) is 1. The predicted molar refractivity (Wildman–Crippen MR) is 150 cm³/mol. The van der Waals surface area contributed by atoms with E-state index in [2.05, 4.69) is 0 Å². The van der Waals surface area contributed by atoms with E-state index in [0.717, 1.165) is 40.2 Å². The van der Waals surface area contributed by atoms with Crippen molar-refractivity contribution in [3.63, 3.8) is 0 Å². The Labute approximate surface area is 265 Å². The predicted octanol–water partition coefficient (Wildman–Crippen LogP) is 0.335. The van der Waals surface area contributed by atoms with Gasteiger partial charge in [0, 0.05) is 41.7 Å². The quantitative estimate of drug-likeness (QED) is 0.225. The molecule has 1 aromatic carbocycles. The molecule has 0 bridgehead atoms. The highest BCUT2D eigenvalue weighted by Gasteiger charge is 2.54. The normalized spacial score (nSPS) is 30.8. The summed E-state index contributed by atoms with van der Waals surface area (Å²) >= 11 is 0. The van der Waals surface area contributed by atoms with Crippen molar-refractivity contribution in [1.82, 2.24) is 0 Å². The van der Waals surface area contributed by atoms with Crippen LogP contribution in [0.3, 0.4) is 0 Å². The average molecular weight is 657 g/mol. The Hall–Kier alpha value is -3.67. The number of benzene rings is 1. The van der Waals surface area contributed by atoms with Crippen molar-refractivity contribution in [1.29, 1.82) is 0 Å². The van der Waals surface area contributed by atoms with Crippen molar-refractivity contribution in [3.05, 3.63) is 35.9 Å². The first-order chi connectivity index (χ1) is 21.8. The fourth-order valence-electron chi connectivity index (χ4n) is 5.04. The summed E-state index contributed by atoms with van der Waals surface area (Å²) in [5.74, 6) is -3.89. The number of hydrogen-bond acceptors (Lipinski definition) is 16. The van der Waals surface area contributed by atoms with Gasteiger partial charge in [-0.1, -0.05) is 30.3 Å². The SMILES string of the molecule is CO[C@H]1OC(CO[C@@H]2OC(COCc3ccccc3)[C@@H](O)C(OC(C)=O)C2OC(C)=O)[C@@H](OC(C)=O)C(OC(C)=O)C1OC(C)=O. The van der Waals surface area contributed by atoms with Gasteiger partial charge in [-0.3, -0.25) is 24.0 Å². The molecule has 0 spiro atoms. The van der Waals surface area contributed by atoms with Crippen molar-refractivity contribution < 1.29 is 76.4 Å². The third-order valence-corrected chi connectivity index (χ3v) is 6.77. The smallest absolute Gasteiger partial charge is 0.303 e. The minimum absolute atomic E-state index is 0.171. The molecule has 0 radical (unpaired) electrons. The van der Waals surface area contributed by atoms with Gasteiger partial charge in [0.25, 0.3) is 0 Å². The molecule has 2 aliphatic rings. The van der Waals surface area contributed by atoms with Gasteiger partial charge >= 0.3 is 29.8 Å². The van der Waals surface area contributed by atoms with Gasteiger partial charge in [-0.15, -0.1) is 0 Å². The largest absolute Gasteiger partial charge is 0.456 e. The summed E-state index contributed by atoms with van der Waals surface area (Å²) in [5, 5.41) is 11.1. The van der Waals surface area contributed by atoms with E-state index in [1.165, 1.54) is 7.11 Å². The molecule has 0 aromatic heterocycles. The monoisotopic (exact) mass is 656 g/mol. The van der Waals surface area contributed by atoms with E-state index in [0.29, 0.717) is 0 Å². The summed E-state index contributed by atoms with van der Waals surface area (Å²) in [4.78, 5) is 60.1. The molecule has 0 aliphatic carbocycles. The minimum atomic E-state index is -1.50. The van der Waals surface area contributed by atoms with Gasteiger partial charge in [0.1, 0.15) is 18.3 Å². The van der Waals surface area contributed by atoms with E-state index in [1.54, 1.807) is 0 Å². The molecular weight excluding hydrogens is 616 g/mol. The highest BCUT2D eigenvalue weighted by molar-refractivity contribution is 5.69. The van der Waals surface area contributed by atoms with Crippen LogP contribution in [0, 0.1) is 0 Å². The maximum Gasteiger partial charge on any atom is 0.303 e. The highest BCUT2D eigenvalue weighted by atomic mass is 16.8. The van der Waals surface area contributed by atoms with Crippen molar-refractivity contribution in [2.45, 2.75) is 103 Å². The number of carbonyl (C=O) groups excluding carboxylic acids is 5. The van der Waals surface area contributed by atoms with Crippen LogP contribution in [0.2, 0.25) is 0 Å². The van der Waals surface area contributed by atoms with Crippen molar-refractivity contribution in [2.75, 3.05) is 20.3 Å². The number of aliphatic hydroxyl groups excluding tert-OH is 1. The highest BCUT2D eigenvalue weighted by Crippen LogP contribution is 2.32. The number of carbonyl (C=O) groups is 5. The Bertz CT molecular complexity index is 1190. The van der Waals surface area contributed by atoms with Crippen LogP contribution in [0.15, 0.2) is 30.3 Å². The van der Waals surface area contributed by atoms with Crippen molar-refractivity contribution in [2.24, 2.45) is 0 Å². The molecule has 16 heteroatoms. The van der Waals surface area contributed by atoms with E-state index in [-0.39, 0.29) is 13.2 Å². The number of aliphatic hydroxyl groups is 1. The van der Waals surface area contributed by atoms with Gasteiger partial charge in [-0.25, -0.2) is 0 Å². The Balaban J connectivity index is 1.89. The lowest BCUT2D eigenvalue weighted by Crippen LogP contribution is -2.64. The summed E-state index contributed by atoms with van der Waals surface area (Å²) in [7, 11) is 1.25. The standard InChI is InChI=1S/C30H40O16/c1-15(31)40-24-22(46-29(37-6)28(44-19(5)35)26(24)42-17(3)33)14-39-30-27(43-18(4)34)25(41-16(2)32)23(36)21(45-30)13-38-12-20-10-8-7-9-11-20/h7-11,21-30,36H,12-14H2,1-6H3/t21?,22?,23-,24-,25?,26?,27?,28?,29+,30-/m1/s1. The van der Waals surface area contributed by atoms with Gasteiger partial charge in [-0.05, 0) is 5.56 Å². The number of rotatable bonds is 13. The van der Waals surface area contributed by atoms with Crippen LogP contribution in [0.5, 0.6) is 0 Å². The summed E-state index contributed by atoms with van der Waals surface area (Å²) in [5.41, 5.74) is 0.850. The molecule has 2 fully saturated rings. The topological polar surface area (TPSA) is 198 Å². The molecule has 1 N–H and O–H groups in total. The molecule has 6 unspecified atom stereocenters. The maximum atomic E-state index is 12.1. The van der Waals surface area contributed by atoms with Crippen LogP contribution in [0.4, 0.5) is 0 Å². The zero-order valence-electron chi connectivity index (χ0n) is 26.4. The van der Waals surface area contributed by atoms with Gasteiger partial charge < -0.3 is 52.5 Å². The Morgan fingerprint density at radius 3 is 1.65 bits per heavy atom. The van der Waals surface area contributed by atoms with Crippen LogP contribution < -0.4 is 0 Å². The van der Waals surface area contributed by atoms with Crippen LogP contribution >= 0.6 is 0 Å². The van der Waals surface area contributed by atoms with Gasteiger partial charge in [0.05, 0.1) is 19.8 Å². The van der Waals surface area contributed by atoms with Crippen LogP contribution in [-0.2, 0) is 77.9 Å². The number of esters is 5. The molecular formula is C30H40O16. The summed E-state index contributed by atoms with van der Waals surface area (Å²) in [6, 6.07) is 9.20. The first-order valence-corrected chi connectivity index (χ1v) is 14.4. The van der Waals surface area contributed by atoms with Crippen LogP contribution in [-0.4, -0.2) is 117 Å². The van der Waals surface area contributed by atoms with Crippen LogP contribution in [0.25, 0.3) is 0 Å². The number of methoxy groups -OCH3 is 1. The molecule has 0 amide bonds. The Morgan fingerprint density at radius 2 is 1.11 bits per heavy atom.